The van der Waals surface area contributed by atoms with Crippen molar-refractivity contribution in [3.05, 3.63) is 0 Å². The van der Waals surface area contributed by atoms with E-state index in [1.54, 1.807) is 0 Å². The first-order valence-electron chi connectivity index (χ1n) is 5.75. The molecule has 80 valence electrons. The summed E-state index contributed by atoms with van der Waals surface area (Å²) in [5, 5.41) is 0.386. The van der Waals surface area contributed by atoms with Gasteiger partial charge in [0, 0.05) is 5.38 Å². The summed E-state index contributed by atoms with van der Waals surface area (Å²) in [6.07, 6.45) is 6.40. The first kappa shape index (κ1) is 13.3. The maximum atomic E-state index is 6.31. The van der Waals surface area contributed by atoms with Crippen molar-refractivity contribution in [1.29, 1.82) is 0 Å². The zero-order valence-corrected chi connectivity index (χ0v) is 10.4. The highest BCUT2D eigenvalue weighted by Gasteiger charge is 2.15. The van der Waals surface area contributed by atoms with Crippen LogP contribution in [-0.4, -0.2) is 5.38 Å². The van der Waals surface area contributed by atoms with Gasteiger partial charge in [-0.25, -0.2) is 0 Å². The van der Waals surface area contributed by atoms with Gasteiger partial charge in [0.05, 0.1) is 0 Å². The fraction of sp³-hybridized carbons (Fsp3) is 1.00. The SMILES string of the molecule is CCCCC(C)CC(Cl)[C@H](C)CC. The zero-order valence-electron chi connectivity index (χ0n) is 9.65. The van der Waals surface area contributed by atoms with Gasteiger partial charge in [0.2, 0.25) is 0 Å². The van der Waals surface area contributed by atoms with Crippen LogP contribution >= 0.6 is 11.6 Å². The Labute approximate surface area is 89.1 Å². The number of hydrogen-bond donors (Lipinski definition) is 0. The van der Waals surface area contributed by atoms with Gasteiger partial charge in [0.1, 0.15) is 0 Å². The van der Waals surface area contributed by atoms with Crippen LogP contribution in [0.4, 0.5) is 0 Å². The van der Waals surface area contributed by atoms with Gasteiger partial charge >= 0.3 is 0 Å². The van der Waals surface area contributed by atoms with Gasteiger partial charge in [-0.2, -0.15) is 0 Å². The molecule has 0 saturated carbocycles. The van der Waals surface area contributed by atoms with E-state index < -0.39 is 0 Å². The highest BCUT2D eigenvalue weighted by Crippen LogP contribution is 2.24. The van der Waals surface area contributed by atoms with Crippen LogP contribution in [0.3, 0.4) is 0 Å². The standard InChI is InChI=1S/C12H25Cl/c1-5-7-8-10(3)9-12(13)11(4)6-2/h10-12H,5-9H2,1-4H3/t10?,11-,12?/m1/s1. The fourth-order valence-corrected chi connectivity index (χ4v) is 2.03. The molecule has 1 heteroatoms. The molecule has 0 aliphatic rings. The third-order valence-corrected chi connectivity index (χ3v) is 3.55. The van der Waals surface area contributed by atoms with Crippen molar-refractivity contribution in [2.24, 2.45) is 11.8 Å². The smallest absolute Gasteiger partial charge is 0.0364 e. The lowest BCUT2D eigenvalue weighted by Gasteiger charge is -2.20. The first-order chi connectivity index (χ1) is 6.11. The molecule has 0 saturated heterocycles. The van der Waals surface area contributed by atoms with Gasteiger partial charge in [-0.1, -0.05) is 53.4 Å². The molecule has 0 N–H and O–H groups in total. The van der Waals surface area contributed by atoms with Crippen LogP contribution in [0.5, 0.6) is 0 Å². The van der Waals surface area contributed by atoms with Crippen LogP contribution in [0, 0.1) is 11.8 Å². The number of rotatable bonds is 7. The van der Waals surface area contributed by atoms with Crippen molar-refractivity contribution in [1.82, 2.24) is 0 Å². The zero-order chi connectivity index (χ0) is 10.3. The molecule has 0 nitrogen and oxygen atoms in total. The van der Waals surface area contributed by atoms with Gasteiger partial charge in [-0.15, -0.1) is 11.6 Å². The van der Waals surface area contributed by atoms with Gasteiger partial charge < -0.3 is 0 Å². The van der Waals surface area contributed by atoms with Crippen molar-refractivity contribution >= 4 is 11.6 Å². The minimum atomic E-state index is 0.386. The fourth-order valence-electron chi connectivity index (χ4n) is 1.54. The Morgan fingerprint density at radius 3 is 2.23 bits per heavy atom. The first-order valence-corrected chi connectivity index (χ1v) is 6.19. The lowest BCUT2D eigenvalue weighted by Crippen LogP contribution is -2.14. The van der Waals surface area contributed by atoms with Crippen molar-refractivity contribution in [3.8, 4) is 0 Å². The van der Waals surface area contributed by atoms with E-state index in [1.165, 1.54) is 32.1 Å². The lowest BCUT2D eigenvalue weighted by atomic mass is 9.93. The normalized spacial score (nSPS) is 18.2. The molecule has 13 heavy (non-hydrogen) atoms. The maximum Gasteiger partial charge on any atom is 0.0364 e. The van der Waals surface area contributed by atoms with Crippen molar-refractivity contribution < 1.29 is 0 Å². The Bertz CT molecular complexity index is 112. The summed E-state index contributed by atoms with van der Waals surface area (Å²) in [6.45, 7) is 9.05. The second kappa shape index (κ2) is 7.67. The van der Waals surface area contributed by atoms with Gasteiger partial charge in [-0.3, -0.25) is 0 Å². The molecule has 2 unspecified atom stereocenters. The number of halogens is 1. The number of hydrogen-bond acceptors (Lipinski definition) is 0. The predicted molar refractivity (Wildman–Crippen MR) is 62.4 cm³/mol. The largest absolute Gasteiger partial charge is 0.123 e. The average Bonchev–Trinajstić information content (AvgIpc) is 2.13. The molecule has 0 aromatic rings. The molecule has 0 aliphatic heterocycles. The van der Waals surface area contributed by atoms with E-state index in [0.717, 1.165) is 5.92 Å². The molecular formula is C12H25Cl. The van der Waals surface area contributed by atoms with E-state index in [0.29, 0.717) is 11.3 Å². The predicted octanol–water partition coefficient (Wildman–Crippen LogP) is 4.86. The molecular weight excluding hydrogens is 180 g/mol. The quantitative estimate of drug-likeness (QED) is 0.520. The molecule has 0 radical (unpaired) electrons. The average molecular weight is 205 g/mol. The highest BCUT2D eigenvalue weighted by atomic mass is 35.5. The van der Waals surface area contributed by atoms with Crippen molar-refractivity contribution in [2.45, 2.75) is 65.2 Å². The van der Waals surface area contributed by atoms with Crippen LogP contribution in [0.1, 0.15) is 59.8 Å². The monoisotopic (exact) mass is 204 g/mol. The van der Waals surface area contributed by atoms with E-state index in [-0.39, 0.29) is 0 Å². The van der Waals surface area contributed by atoms with E-state index in [1.807, 2.05) is 0 Å². The van der Waals surface area contributed by atoms with E-state index >= 15 is 0 Å². The van der Waals surface area contributed by atoms with E-state index in [4.69, 9.17) is 11.6 Å². The Kier molecular flexibility index (Phi) is 7.84. The molecule has 0 fully saturated rings. The molecule has 3 atom stereocenters. The maximum absolute atomic E-state index is 6.31. The second-order valence-electron chi connectivity index (χ2n) is 4.38. The Morgan fingerprint density at radius 2 is 1.77 bits per heavy atom. The molecule has 0 aromatic heterocycles. The molecule has 0 aromatic carbocycles. The van der Waals surface area contributed by atoms with Crippen molar-refractivity contribution in [3.63, 3.8) is 0 Å². The summed E-state index contributed by atoms with van der Waals surface area (Å²) in [5.41, 5.74) is 0. The van der Waals surface area contributed by atoms with E-state index in [9.17, 15) is 0 Å². The second-order valence-corrected chi connectivity index (χ2v) is 4.95. The lowest BCUT2D eigenvalue weighted by molar-refractivity contribution is 0.404. The number of alkyl halides is 1. The summed E-state index contributed by atoms with van der Waals surface area (Å²) < 4.78 is 0. The number of unbranched alkanes of at least 4 members (excludes halogenated alkanes) is 1. The third kappa shape index (κ3) is 6.37. The van der Waals surface area contributed by atoms with Crippen LogP contribution in [-0.2, 0) is 0 Å². The highest BCUT2D eigenvalue weighted by molar-refractivity contribution is 6.20. The Hall–Kier alpha value is 0.290. The Balaban J connectivity index is 3.57. The molecule has 0 spiro atoms. The summed E-state index contributed by atoms with van der Waals surface area (Å²) >= 11 is 6.31. The molecule has 0 rings (SSSR count). The molecule has 0 amide bonds. The summed E-state index contributed by atoms with van der Waals surface area (Å²) in [7, 11) is 0. The van der Waals surface area contributed by atoms with Gasteiger partial charge in [-0.05, 0) is 18.3 Å². The Morgan fingerprint density at radius 1 is 1.15 bits per heavy atom. The van der Waals surface area contributed by atoms with E-state index in [2.05, 4.69) is 27.7 Å². The minimum absolute atomic E-state index is 0.386. The van der Waals surface area contributed by atoms with Crippen LogP contribution < -0.4 is 0 Å². The van der Waals surface area contributed by atoms with Crippen LogP contribution in [0.15, 0.2) is 0 Å². The third-order valence-electron chi connectivity index (χ3n) is 2.94. The van der Waals surface area contributed by atoms with Crippen LogP contribution in [0.25, 0.3) is 0 Å². The van der Waals surface area contributed by atoms with Gasteiger partial charge in [0.25, 0.3) is 0 Å². The van der Waals surface area contributed by atoms with Crippen molar-refractivity contribution in [2.75, 3.05) is 0 Å². The summed E-state index contributed by atoms with van der Waals surface area (Å²) in [6, 6.07) is 0. The summed E-state index contributed by atoms with van der Waals surface area (Å²) in [5.74, 6) is 1.47. The van der Waals surface area contributed by atoms with Crippen LogP contribution in [0.2, 0.25) is 0 Å². The minimum Gasteiger partial charge on any atom is -0.123 e. The van der Waals surface area contributed by atoms with Gasteiger partial charge in [0.15, 0.2) is 0 Å². The molecule has 0 aliphatic carbocycles. The topological polar surface area (TPSA) is 0 Å². The molecule has 0 heterocycles. The summed E-state index contributed by atoms with van der Waals surface area (Å²) in [4.78, 5) is 0. The molecule has 0 bridgehead atoms.